The number of dihydropyridines is 1. The maximum Gasteiger partial charge on any atom is 0.269 e. The first kappa shape index (κ1) is 8.10. The van der Waals surface area contributed by atoms with Crippen LogP contribution in [0.1, 0.15) is 6.92 Å². The zero-order valence-electron chi connectivity index (χ0n) is 7.12. The quantitative estimate of drug-likeness (QED) is 0.556. The highest BCUT2D eigenvalue weighted by Gasteiger charge is 2.22. The van der Waals surface area contributed by atoms with Gasteiger partial charge >= 0.3 is 0 Å². The first-order valence-corrected chi connectivity index (χ1v) is 4.03. The molecule has 13 heavy (non-hydrogen) atoms. The molecular weight excluding hydrogens is 169 g/mol. The van der Waals surface area contributed by atoms with E-state index in [4.69, 9.17) is 0 Å². The Labute approximate surface area is 75.2 Å². The topological polar surface area (TPSA) is 29.4 Å². The van der Waals surface area contributed by atoms with Crippen LogP contribution in [0.4, 0.5) is 4.39 Å². The van der Waals surface area contributed by atoms with Gasteiger partial charge < -0.3 is 0 Å². The van der Waals surface area contributed by atoms with Crippen molar-refractivity contribution in [2.24, 2.45) is 10.9 Å². The molecule has 0 radical (unpaired) electrons. The number of fused-ring (bicyclic) bond motifs is 1. The molecule has 0 bridgehead atoms. The number of hydrogen-bond acceptors (Lipinski definition) is 1. The molecule has 0 aromatic rings. The van der Waals surface area contributed by atoms with Crippen molar-refractivity contribution in [2.45, 2.75) is 6.92 Å². The maximum atomic E-state index is 12.8. The summed E-state index contributed by atoms with van der Waals surface area (Å²) in [6.07, 6.45) is 5.90. The molecule has 0 fully saturated rings. The summed E-state index contributed by atoms with van der Waals surface area (Å²) >= 11 is 0. The second-order valence-electron chi connectivity index (χ2n) is 3.13. The Hall–Kier alpha value is -1.51. The van der Waals surface area contributed by atoms with Crippen LogP contribution in [0, 0.1) is 5.92 Å². The van der Waals surface area contributed by atoms with Crippen molar-refractivity contribution in [3.63, 3.8) is 0 Å². The minimum atomic E-state index is -0.350. The van der Waals surface area contributed by atoms with Gasteiger partial charge in [0.05, 0.1) is 5.71 Å². The van der Waals surface area contributed by atoms with Gasteiger partial charge in [0.15, 0.2) is 0 Å². The Bertz CT molecular complexity index is 388. The molecule has 1 aliphatic carbocycles. The van der Waals surface area contributed by atoms with Gasteiger partial charge in [0.1, 0.15) is 5.83 Å². The van der Waals surface area contributed by atoms with E-state index < -0.39 is 0 Å². The fraction of sp³-hybridized carbons (Fsp3) is 0.200. The number of allylic oxidation sites excluding steroid dienone is 5. The standard InChI is InChI=1S/C10H8FNO/c1-6-4-10(13)12-9-5-7(11)2-3-8(6)9/h2-5,8H,1H3. The van der Waals surface area contributed by atoms with Crippen molar-refractivity contribution in [1.29, 1.82) is 0 Å². The van der Waals surface area contributed by atoms with E-state index in [9.17, 15) is 9.18 Å². The molecule has 0 saturated carbocycles. The number of carbonyl (C=O) groups excluding carboxylic acids is 1. The van der Waals surface area contributed by atoms with Gasteiger partial charge in [0.25, 0.3) is 5.91 Å². The van der Waals surface area contributed by atoms with Crippen LogP contribution in [0.25, 0.3) is 0 Å². The summed E-state index contributed by atoms with van der Waals surface area (Å²) in [5, 5.41) is 0. The molecule has 0 saturated heterocycles. The maximum absolute atomic E-state index is 12.8. The molecule has 1 aliphatic heterocycles. The summed E-state index contributed by atoms with van der Waals surface area (Å²) in [4.78, 5) is 14.7. The van der Waals surface area contributed by atoms with E-state index in [1.165, 1.54) is 18.2 Å². The lowest BCUT2D eigenvalue weighted by molar-refractivity contribution is -0.113. The second-order valence-corrected chi connectivity index (χ2v) is 3.13. The smallest absolute Gasteiger partial charge is 0.267 e. The Morgan fingerprint density at radius 2 is 2.23 bits per heavy atom. The van der Waals surface area contributed by atoms with Crippen LogP contribution in [0.5, 0.6) is 0 Å². The molecule has 0 aromatic heterocycles. The fourth-order valence-electron chi connectivity index (χ4n) is 1.50. The van der Waals surface area contributed by atoms with Crippen molar-refractivity contribution < 1.29 is 9.18 Å². The molecule has 1 unspecified atom stereocenters. The number of rotatable bonds is 0. The van der Waals surface area contributed by atoms with Gasteiger partial charge in [-0.05, 0) is 19.1 Å². The highest BCUT2D eigenvalue weighted by molar-refractivity contribution is 6.12. The van der Waals surface area contributed by atoms with E-state index in [1.54, 1.807) is 6.08 Å². The summed E-state index contributed by atoms with van der Waals surface area (Å²) in [5.74, 6) is -0.669. The summed E-state index contributed by atoms with van der Waals surface area (Å²) in [6.45, 7) is 1.85. The zero-order valence-corrected chi connectivity index (χ0v) is 7.12. The molecule has 2 aliphatic rings. The zero-order chi connectivity index (χ0) is 9.42. The first-order valence-electron chi connectivity index (χ1n) is 4.03. The van der Waals surface area contributed by atoms with Crippen molar-refractivity contribution in [3.05, 3.63) is 35.7 Å². The van der Waals surface area contributed by atoms with Crippen molar-refractivity contribution in [2.75, 3.05) is 0 Å². The largest absolute Gasteiger partial charge is 0.269 e. The summed E-state index contributed by atoms with van der Waals surface area (Å²) in [5.41, 5.74) is 1.42. The van der Waals surface area contributed by atoms with E-state index in [-0.39, 0.29) is 17.7 Å². The molecule has 1 atom stereocenters. The molecule has 2 nitrogen and oxygen atoms in total. The third kappa shape index (κ3) is 1.37. The minimum absolute atomic E-state index is 0.0165. The normalized spacial score (nSPS) is 26.2. The van der Waals surface area contributed by atoms with Crippen LogP contribution in [0.3, 0.4) is 0 Å². The molecule has 1 heterocycles. The SMILES string of the molecule is CC1=CC(=O)N=C2C=C(F)C=CC12. The second kappa shape index (κ2) is 2.76. The lowest BCUT2D eigenvalue weighted by atomic mass is 9.89. The van der Waals surface area contributed by atoms with Gasteiger partial charge in [-0.2, -0.15) is 0 Å². The van der Waals surface area contributed by atoms with Gasteiger partial charge in [0.2, 0.25) is 0 Å². The number of carbonyl (C=O) groups is 1. The number of halogens is 1. The highest BCUT2D eigenvalue weighted by atomic mass is 19.1. The molecule has 2 rings (SSSR count). The van der Waals surface area contributed by atoms with Crippen LogP contribution in [0.2, 0.25) is 0 Å². The van der Waals surface area contributed by atoms with Gasteiger partial charge in [0, 0.05) is 12.0 Å². The molecule has 1 amide bonds. The number of amides is 1. The van der Waals surface area contributed by atoms with E-state index in [1.807, 2.05) is 6.92 Å². The number of hydrogen-bond donors (Lipinski definition) is 0. The van der Waals surface area contributed by atoms with Gasteiger partial charge in [-0.15, -0.1) is 0 Å². The minimum Gasteiger partial charge on any atom is -0.267 e. The lowest BCUT2D eigenvalue weighted by Gasteiger charge is -2.19. The molecular formula is C10H8FNO. The average Bonchev–Trinajstić information content (AvgIpc) is 2.02. The van der Waals surface area contributed by atoms with Crippen LogP contribution in [-0.4, -0.2) is 11.6 Å². The van der Waals surface area contributed by atoms with E-state index in [0.717, 1.165) is 5.57 Å². The van der Waals surface area contributed by atoms with Crippen LogP contribution >= 0.6 is 0 Å². The van der Waals surface area contributed by atoms with Gasteiger partial charge in [-0.3, -0.25) is 4.79 Å². The van der Waals surface area contributed by atoms with Crippen LogP contribution < -0.4 is 0 Å². The Balaban J connectivity index is 2.44. The highest BCUT2D eigenvalue weighted by Crippen LogP contribution is 2.24. The Morgan fingerprint density at radius 3 is 3.00 bits per heavy atom. The predicted octanol–water partition coefficient (Wildman–Crippen LogP) is 1.95. The molecule has 3 heteroatoms. The van der Waals surface area contributed by atoms with Crippen LogP contribution in [-0.2, 0) is 4.79 Å². The van der Waals surface area contributed by atoms with Gasteiger partial charge in [-0.1, -0.05) is 11.6 Å². The van der Waals surface area contributed by atoms with Crippen LogP contribution in [0.15, 0.2) is 40.7 Å². The molecule has 66 valence electrons. The van der Waals surface area contributed by atoms with Crippen molar-refractivity contribution >= 4 is 11.6 Å². The third-order valence-corrected chi connectivity index (χ3v) is 2.13. The number of nitrogens with zero attached hydrogens (tertiary/aromatic N) is 1. The predicted molar refractivity (Wildman–Crippen MR) is 48.0 cm³/mol. The van der Waals surface area contributed by atoms with Crippen molar-refractivity contribution in [1.82, 2.24) is 0 Å². The third-order valence-electron chi connectivity index (χ3n) is 2.13. The fourth-order valence-corrected chi connectivity index (χ4v) is 1.50. The van der Waals surface area contributed by atoms with Crippen molar-refractivity contribution in [3.8, 4) is 0 Å². The van der Waals surface area contributed by atoms with E-state index >= 15 is 0 Å². The summed E-state index contributed by atoms with van der Waals surface area (Å²) < 4.78 is 12.8. The summed E-state index contributed by atoms with van der Waals surface area (Å²) in [6, 6.07) is 0. The Kier molecular flexibility index (Phi) is 1.72. The van der Waals surface area contributed by atoms with E-state index in [0.29, 0.717) is 5.71 Å². The lowest BCUT2D eigenvalue weighted by Crippen LogP contribution is -2.20. The molecule has 0 aromatic carbocycles. The monoisotopic (exact) mass is 177 g/mol. The molecule has 0 N–H and O–H groups in total. The average molecular weight is 177 g/mol. The number of aliphatic imine (C=N–C) groups is 1. The Morgan fingerprint density at radius 1 is 1.46 bits per heavy atom. The van der Waals surface area contributed by atoms with Gasteiger partial charge in [-0.25, -0.2) is 9.38 Å². The molecule has 0 spiro atoms. The van der Waals surface area contributed by atoms with E-state index in [2.05, 4.69) is 4.99 Å². The summed E-state index contributed by atoms with van der Waals surface area (Å²) in [7, 11) is 0. The first-order chi connectivity index (χ1) is 6.16.